The Hall–Kier alpha value is -2.51. The van der Waals surface area contributed by atoms with Gasteiger partial charge in [0.15, 0.2) is 0 Å². The molecule has 0 aromatic heterocycles. The first-order valence-electron chi connectivity index (χ1n) is 6.74. The molecule has 1 aliphatic carbocycles. The number of anilines is 1. The molecule has 0 radical (unpaired) electrons. The van der Waals surface area contributed by atoms with Crippen molar-refractivity contribution in [2.45, 2.75) is 32.6 Å². The fourth-order valence-electron chi connectivity index (χ4n) is 2.35. The number of hydrazone groups is 1. The third-order valence-corrected chi connectivity index (χ3v) is 3.60. The van der Waals surface area contributed by atoms with Gasteiger partial charge in [0.25, 0.3) is 5.69 Å². The molecule has 1 saturated carbocycles. The van der Waals surface area contributed by atoms with E-state index in [1.807, 2.05) is 0 Å². The van der Waals surface area contributed by atoms with Gasteiger partial charge in [-0.15, -0.1) is 0 Å². The second-order valence-electron chi connectivity index (χ2n) is 5.08. The lowest BCUT2D eigenvalue weighted by molar-refractivity contribution is -0.393. The third-order valence-electron chi connectivity index (χ3n) is 3.60. The molecule has 8 heteroatoms. The molecule has 8 nitrogen and oxygen atoms in total. The summed E-state index contributed by atoms with van der Waals surface area (Å²) in [5, 5.41) is 25.9. The average molecular weight is 292 g/mol. The maximum atomic E-state index is 11.0. The molecular weight excluding hydrogens is 276 g/mol. The Labute approximate surface area is 121 Å². The summed E-state index contributed by atoms with van der Waals surface area (Å²) in [4.78, 5) is 20.4. The predicted octanol–water partition coefficient (Wildman–Crippen LogP) is 3.48. The molecule has 0 heterocycles. The van der Waals surface area contributed by atoms with Gasteiger partial charge >= 0.3 is 5.69 Å². The maximum Gasteiger partial charge on any atom is 0.301 e. The van der Waals surface area contributed by atoms with E-state index in [2.05, 4.69) is 17.5 Å². The van der Waals surface area contributed by atoms with E-state index in [0.29, 0.717) is 5.92 Å². The van der Waals surface area contributed by atoms with E-state index in [0.717, 1.165) is 37.5 Å². The van der Waals surface area contributed by atoms with Gasteiger partial charge in [-0.3, -0.25) is 25.7 Å². The van der Waals surface area contributed by atoms with Crippen LogP contribution in [-0.4, -0.2) is 15.6 Å². The summed E-state index contributed by atoms with van der Waals surface area (Å²) < 4.78 is 0. The molecule has 0 amide bonds. The van der Waals surface area contributed by atoms with E-state index in [4.69, 9.17) is 0 Å². The Morgan fingerprint density at radius 2 is 2.00 bits per heavy atom. The van der Waals surface area contributed by atoms with Crippen LogP contribution in [0.1, 0.15) is 32.6 Å². The molecule has 1 aliphatic rings. The van der Waals surface area contributed by atoms with Crippen molar-refractivity contribution >= 4 is 22.8 Å². The van der Waals surface area contributed by atoms with E-state index in [9.17, 15) is 20.2 Å². The van der Waals surface area contributed by atoms with Crippen molar-refractivity contribution in [2.24, 2.45) is 11.0 Å². The molecule has 1 N–H and O–H groups in total. The number of hydrogen-bond donors (Lipinski definition) is 1. The Morgan fingerprint density at radius 3 is 2.62 bits per heavy atom. The smallest absolute Gasteiger partial charge is 0.272 e. The number of rotatable bonds is 4. The lowest BCUT2D eigenvalue weighted by Crippen LogP contribution is -2.17. The van der Waals surface area contributed by atoms with Crippen LogP contribution < -0.4 is 5.43 Å². The van der Waals surface area contributed by atoms with Crippen molar-refractivity contribution in [3.05, 3.63) is 38.4 Å². The first-order valence-corrected chi connectivity index (χ1v) is 6.74. The van der Waals surface area contributed by atoms with Crippen LogP contribution in [0.25, 0.3) is 0 Å². The molecule has 0 saturated heterocycles. The minimum absolute atomic E-state index is 0.163. The van der Waals surface area contributed by atoms with Gasteiger partial charge in [-0.1, -0.05) is 13.3 Å². The summed E-state index contributed by atoms with van der Waals surface area (Å²) in [7, 11) is 0. The molecular formula is C13H16N4O4. The highest BCUT2D eigenvalue weighted by molar-refractivity contribution is 5.88. The summed E-state index contributed by atoms with van der Waals surface area (Å²) >= 11 is 0. The zero-order chi connectivity index (χ0) is 15.4. The minimum atomic E-state index is -0.661. The molecule has 1 aromatic rings. The van der Waals surface area contributed by atoms with Crippen LogP contribution in [0, 0.1) is 26.1 Å². The molecule has 21 heavy (non-hydrogen) atoms. The Morgan fingerprint density at radius 1 is 1.24 bits per heavy atom. The maximum absolute atomic E-state index is 11.0. The molecule has 0 unspecified atom stereocenters. The SMILES string of the molecule is C[C@@H]1CCCC/C1=N\Nc1ccc([N+](=O)[O-])cc1[N+](=O)[O-]. The summed E-state index contributed by atoms with van der Waals surface area (Å²) in [5.74, 6) is 0.350. The number of nitrogens with one attached hydrogen (secondary N) is 1. The topological polar surface area (TPSA) is 111 Å². The number of nitrogens with zero attached hydrogens (tertiary/aromatic N) is 3. The quantitative estimate of drug-likeness (QED) is 0.674. The molecule has 1 aromatic carbocycles. The summed E-state index contributed by atoms with van der Waals surface area (Å²) in [6, 6.07) is 3.47. The van der Waals surface area contributed by atoms with Crippen molar-refractivity contribution in [3.63, 3.8) is 0 Å². The minimum Gasteiger partial charge on any atom is -0.272 e. The monoisotopic (exact) mass is 292 g/mol. The van der Waals surface area contributed by atoms with Gasteiger partial charge in [0.2, 0.25) is 0 Å². The zero-order valence-corrected chi connectivity index (χ0v) is 11.6. The normalized spacial score (nSPS) is 20.2. The highest BCUT2D eigenvalue weighted by atomic mass is 16.6. The molecule has 112 valence electrons. The van der Waals surface area contributed by atoms with Crippen molar-refractivity contribution in [3.8, 4) is 0 Å². The van der Waals surface area contributed by atoms with E-state index in [1.165, 1.54) is 12.1 Å². The standard InChI is InChI=1S/C13H16N4O4/c1-9-4-2-3-5-11(9)14-15-12-7-6-10(16(18)19)8-13(12)17(20)21/h6-9,15H,2-5H2,1H3/b14-11+/t9-/m1/s1. The third kappa shape index (κ3) is 3.53. The second kappa shape index (κ2) is 6.29. The Kier molecular flexibility index (Phi) is 4.46. The van der Waals surface area contributed by atoms with Gasteiger partial charge in [-0.25, -0.2) is 0 Å². The van der Waals surface area contributed by atoms with Crippen molar-refractivity contribution in [2.75, 3.05) is 5.43 Å². The summed E-state index contributed by atoms with van der Waals surface area (Å²) in [6.07, 6.45) is 4.16. The Bertz CT molecular complexity index is 600. The fraction of sp³-hybridized carbons (Fsp3) is 0.462. The van der Waals surface area contributed by atoms with E-state index < -0.39 is 9.85 Å². The summed E-state index contributed by atoms with van der Waals surface area (Å²) in [6.45, 7) is 2.07. The highest BCUT2D eigenvalue weighted by Crippen LogP contribution is 2.29. The average Bonchev–Trinajstić information content (AvgIpc) is 2.46. The van der Waals surface area contributed by atoms with Gasteiger partial charge in [0.1, 0.15) is 5.69 Å². The number of nitro groups is 2. The molecule has 0 bridgehead atoms. The van der Waals surface area contributed by atoms with Crippen molar-refractivity contribution in [1.82, 2.24) is 0 Å². The Balaban J connectivity index is 2.25. The van der Waals surface area contributed by atoms with Crippen LogP contribution in [0.15, 0.2) is 23.3 Å². The van der Waals surface area contributed by atoms with Crippen LogP contribution in [0.4, 0.5) is 17.1 Å². The number of hydrogen-bond acceptors (Lipinski definition) is 6. The molecule has 0 aliphatic heterocycles. The van der Waals surface area contributed by atoms with E-state index in [1.54, 1.807) is 0 Å². The number of non-ortho nitro benzene ring substituents is 1. The number of benzene rings is 1. The first-order chi connectivity index (χ1) is 9.99. The highest BCUT2D eigenvalue weighted by Gasteiger charge is 2.20. The first kappa shape index (κ1) is 14.9. The van der Waals surface area contributed by atoms with E-state index >= 15 is 0 Å². The van der Waals surface area contributed by atoms with Crippen LogP contribution in [0.3, 0.4) is 0 Å². The van der Waals surface area contributed by atoms with Gasteiger partial charge in [0.05, 0.1) is 15.9 Å². The van der Waals surface area contributed by atoms with Gasteiger partial charge < -0.3 is 0 Å². The fourth-order valence-corrected chi connectivity index (χ4v) is 2.35. The van der Waals surface area contributed by atoms with Gasteiger partial charge in [0, 0.05) is 11.8 Å². The van der Waals surface area contributed by atoms with Crippen LogP contribution in [-0.2, 0) is 0 Å². The van der Waals surface area contributed by atoms with Crippen LogP contribution in [0.5, 0.6) is 0 Å². The lowest BCUT2D eigenvalue weighted by Gasteiger charge is -2.19. The second-order valence-corrected chi connectivity index (χ2v) is 5.08. The predicted molar refractivity (Wildman–Crippen MR) is 78.4 cm³/mol. The van der Waals surface area contributed by atoms with Crippen LogP contribution in [0.2, 0.25) is 0 Å². The molecule has 0 spiro atoms. The molecule has 1 fully saturated rings. The lowest BCUT2D eigenvalue weighted by atomic mass is 9.89. The number of nitro benzene ring substituents is 2. The molecule has 2 rings (SSSR count). The largest absolute Gasteiger partial charge is 0.301 e. The molecule has 1 atom stereocenters. The van der Waals surface area contributed by atoms with Gasteiger partial charge in [-0.2, -0.15) is 5.10 Å². The van der Waals surface area contributed by atoms with Gasteiger partial charge in [-0.05, 0) is 31.2 Å². The van der Waals surface area contributed by atoms with Crippen LogP contribution >= 0.6 is 0 Å². The van der Waals surface area contributed by atoms with Crippen molar-refractivity contribution in [1.29, 1.82) is 0 Å². The summed E-state index contributed by atoms with van der Waals surface area (Å²) in [5.41, 5.74) is 3.16. The van der Waals surface area contributed by atoms with Crippen molar-refractivity contribution < 1.29 is 9.85 Å². The zero-order valence-electron chi connectivity index (χ0n) is 11.6. The van der Waals surface area contributed by atoms with E-state index in [-0.39, 0.29) is 17.1 Å².